The summed E-state index contributed by atoms with van der Waals surface area (Å²) < 4.78 is 6.27. The molecule has 0 bridgehead atoms. The predicted octanol–water partition coefficient (Wildman–Crippen LogP) is 1.23. The van der Waals surface area contributed by atoms with Crippen molar-refractivity contribution in [2.75, 3.05) is 11.9 Å². The van der Waals surface area contributed by atoms with Crippen molar-refractivity contribution in [2.45, 2.75) is 6.92 Å². The third-order valence-electron chi connectivity index (χ3n) is 2.01. The number of ether oxygens (including phenoxy) is 1. The minimum absolute atomic E-state index is 0.318. The number of para-hydroxylation sites is 2. The molecule has 2 rings (SSSR count). The highest BCUT2D eigenvalue weighted by atomic mass is 16.5. The number of benzene rings is 1. The Labute approximate surface area is 97.4 Å². The predicted molar refractivity (Wildman–Crippen MR) is 59.8 cm³/mol. The maximum atomic E-state index is 11.3. The Morgan fingerprint density at radius 3 is 3.00 bits per heavy atom. The maximum Gasteiger partial charge on any atom is 0.411 e. The summed E-state index contributed by atoms with van der Waals surface area (Å²) in [6.07, 6.45) is 0.944. The van der Waals surface area contributed by atoms with Gasteiger partial charge in [-0.25, -0.2) is 4.79 Å². The molecule has 0 aliphatic heterocycles. The van der Waals surface area contributed by atoms with Gasteiger partial charge in [0.25, 0.3) is 0 Å². The lowest BCUT2D eigenvalue weighted by Crippen LogP contribution is -2.15. The fourth-order valence-corrected chi connectivity index (χ4v) is 1.33. The molecule has 1 amide bonds. The normalized spacial score (nSPS) is 9.94. The minimum atomic E-state index is -0.506. The summed E-state index contributed by atoms with van der Waals surface area (Å²) in [4.78, 5) is 11.3. The van der Waals surface area contributed by atoms with Crippen molar-refractivity contribution in [3.05, 3.63) is 30.6 Å². The van der Waals surface area contributed by atoms with E-state index < -0.39 is 6.09 Å². The van der Waals surface area contributed by atoms with E-state index in [0.717, 1.165) is 0 Å². The van der Waals surface area contributed by atoms with Gasteiger partial charge in [0.05, 0.1) is 18.0 Å². The van der Waals surface area contributed by atoms with Crippen LogP contribution in [0.5, 0.6) is 0 Å². The summed E-state index contributed by atoms with van der Waals surface area (Å²) in [6, 6.07) is 7.16. The van der Waals surface area contributed by atoms with Crippen LogP contribution in [0.3, 0.4) is 0 Å². The number of rotatable bonds is 3. The van der Waals surface area contributed by atoms with E-state index in [4.69, 9.17) is 4.74 Å². The molecule has 1 aromatic carbocycles. The Kier molecular flexibility index (Phi) is 3.29. The van der Waals surface area contributed by atoms with Crippen molar-refractivity contribution in [1.82, 2.24) is 20.2 Å². The van der Waals surface area contributed by atoms with Crippen LogP contribution in [0.2, 0.25) is 0 Å². The molecule has 0 aliphatic rings. The Hall–Kier alpha value is -2.44. The molecule has 0 fully saturated rings. The van der Waals surface area contributed by atoms with Gasteiger partial charge >= 0.3 is 6.09 Å². The quantitative estimate of drug-likeness (QED) is 0.862. The van der Waals surface area contributed by atoms with Crippen LogP contribution in [0.1, 0.15) is 6.92 Å². The van der Waals surface area contributed by atoms with Crippen molar-refractivity contribution in [3.63, 3.8) is 0 Å². The van der Waals surface area contributed by atoms with Crippen LogP contribution < -0.4 is 5.32 Å². The lowest BCUT2D eigenvalue weighted by atomic mass is 10.2. The van der Waals surface area contributed by atoms with Gasteiger partial charge in [0.15, 0.2) is 0 Å². The molecule has 0 atom stereocenters. The summed E-state index contributed by atoms with van der Waals surface area (Å²) in [5.74, 6) is 0. The number of carbonyl (C=O) groups is 1. The first-order chi connectivity index (χ1) is 8.31. The van der Waals surface area contributed by atoms with Gasteiger partial charge in [0, 0.05) is 0 Å². The number of aromatic nitrogens is 4. The van der Waals surface area contributed by atoms with E-state index in [2.05, 4.69) is 20.8 Å². The van der Waals surface area contributed by atoms with Gasteiger partial charge in [-0.15, -0.1) is 5.10 Å². The summed E-state index contributed by atoms with van der Waals surface area (Å²) >= 11 is 0. The van der Waals surface area contributed by atoms with E-state index in [1.165, 1.54) is 11.0 Å². The molecule has 0 unspecified atom stereocenters. The van der Waals surface area contributed by atoms with E-state index in [-0.39, 0.29) is 0 Å². The Morgan fingerprint density at radius 1 is 1.47 bits per heavy atom. The summed E-state index contributed by atoms with van der Waals surface area (Å²) in [5, 5.41) is 13.5. The molecule has 1 aromatic heterocycles. The third-order valence-corrected chi connectivity index (χ3v) is 2.01. The molecule has 0 radical (unpaired) electrons. The average Bonchev–Trinajstić information content (AvgIpc) is 2.83. The van der Waals surface area contributed by atoms with Crippen molar-refractivity contribution in [1.29, 1.82) is 0 Å². The summed E-state index contributed by atoms with van der Waals surface area (Å²) in [6.45, 7) is 2.06. The number of nitrogens with one attached hydrogen (secondary N) is 1. The number of tetrazole rings is 1. The number of anilines is 1. The van der Waals surface area contributed by atoms with Crippen LogP contribution in [0.15, 0.2) is 30.6 Å². The zero-order valence-corrected chi connectivity index (χ0v) is 9.20. The van der Waals surface area contributed by atoms with Crippen molar-refractivity contribution in [3.8, 4) is 5.69 Å². The number of carbonyl (C=O) groups excluding carboxylic acids is 1. The minimum Gasteiger partial charge on any atom is -0.450 e. The van der Waals surface area contributed by atoms with Crippen LogP contribution in [-0.4, -0.2) is 32.9 Å². The van der Waals surface area contributed by atoms with Gasteiger partial charge in [-0.3, -0.25) is 5.32 Å². The SMILES string of the molecule is CCOC(=O)Nc1ccccc1-n1cnnn1. The second kappa shape index (κ2) is 5.06. The van der Waals surface area contributed by atoms with E-state index in [1.54, 1.807) is 25.1 Å². The van der Waals surface area contributed by atoms with Crippen LogP contribution in [0, 0.1) is 0 Å². The van der Waals surface area contributed by atoms with Crippen molar-refractivity contribution >= 4 is 11.8 Å². The Morgan fingerprint density at radius 2 is 2.29 bits per heavy atom. The molecule has 17 heavy (non-hydrogen) atoms. The smallest absolute Gasteiger partial charge is 0.411 e. The zero-order chi connectivity index (χ0) is 12.1. The lowest BCUT2D eigenvalue weighted by Gasteiger charge is -2.09. The molecular weight excluding hydrogens is 222 g/mol. The highest BCUT2D eigenvalue weighted by Crippen LogP contribution is 2.18. The van der Waals surface area contributed by atoms with Gasteiger partial charge in [0.1, 0.15) is 6.33 Å². The molecule has 0 aliphatic carbocycles. The fraction of sp³-hybridized carbons (Fsp3) is 0.200. The van der Waals surface area contributed by atoms with Gasteiger partial charge in [-0.1, -0.05) is 12.1 Å². The first kappa shape index (κ1) is 11.1. The number of amides is 1. The van der Waals surface area contributed by atoms with Gasteiger partial charge in [-0.05, 0) is 29.5 Å². The molecule has 0 saturated heterocycles. The van der Waals surface area contributed by atoms with E-state index in [9.17, 15) is 4.79 Å². The second-order valence-corrected chi connectivity index (χ2v) is 3.12. The third kappa shape index (κ3) is 2.57. The monoisotopic (exact) mass is 233 g/mol. The van der Waals surface area contributed by atoms with E-state index in [0.29, 0.717) is 18.0 Å². The highest BCUT2D eigenvalue weighted by molar-refractivity contribution is 5.87. The first-order valence-electron chi connectivity index (χ1n) is 5.07. The average molecular weight is 233 g/mol. The molecule has 1 N–H and O–H groups in total. The molecular formula is C10H11N5O2. The van der Waals surface area contributed by atoms with Crippen LogP contribution in [0.25, 0.3) is 5.69 Å². The molecule has 0 spiro atoms. The Balaban J connectivity index is 2.25. The maximum absolute atomic E-state index is 11.3. The lowest BCUT2D eigenvalue weighted by molar-refractivity contribution is 0.168. The zero-order valence-electron chi connectivity index (χ0n) is 9.20. The highest BCUT2D eigenvalue weighted by Gasteiger charge is 2.08. The summed E-state index contributed by atoms with van der Waals surface area (Å²) in [5.41, 5.74) is 1.25. The molecule has 7 nitrogen and oxygen atoms in total. The van der Waals surface area contributed by atoms with Gasteiger partial charge in [0.2, 0.25) is 0 Å². The first-order valence-corrected chi connectivity index (χ1v) is 5.07. The summed E-state index contributed by atoms with van der Waals surface area (Å²) in [7, 11) is 0. The molecule has 1 heterocycles. The molecule has 2 aromatic rings. The standard InChI is InChI=1S/C10H11N5O2/c1-2-17-10(16)12-8-5-3-4-6-9(8)15-7-11-13-14-15/h3-7H,2H2,1H3,(H,12,16). The number of hydrogen-bond donors (Lipinski definition) is 1. The topological polar surface area (TPSA) is 81.9 Å². The molecule has 88 valence electrons. The molecule has 7 heteroatoms. The van der Waals surface area contributed by atoms with Gasteiger partial charge < -0.3 is 4.74 Å². The van der Waals surface area contributed by atoms with E-state index >= 15 is 0 Å². The van der Waals surface area contributed by atoms with Crippen LogP contribution in [-0.2, 0) is 4.74 Å². The fourth-order valence-electron chi connectivity index (χ4n) is 1.33. The van der Waals surface area contributed by atoms with Crippen LogP contribution >= 0.6 is 0 Å². The van der Waals surface area contributed by atoms with Crippen LogP contribution in [0.4, 0.5) is 10.5 Å². The van der Waals surface area contributed by atoms with Crippen molar-refractivity contribution < 1.29 is 9.53 Å². The largest absolute Gasteiger partial charge is 0.450 e. The number of nitrogens with zero attached hydrogens (tertiary/aromatic N) is 4. The number of hydrogen-bond acceptors (Lipinski definition) is 5. The van der Waals surface area contributed by atoms with E-state index in [1.807, 2.05) is 6.07 Å². The second-order valence-electron chi connectivity index (χ2n) is 3.12. The molecule has 0 saturated carbocycles. The Bertz CT molecular complexity index is 497. The van der Waals surface area contributed by atoms with Gasteiger partial charge in [-0.2, -0.15) is 4.68 Å². The van der Waals surface area contributed by atoms with Crippen molar-refractivity contribution in [2.24, 2.45) is 0 Å².